The van der Waals surface area contributed by atoms with Gasteiger partial charge in [-0.3, -0.25) is 0 Å². The first kappa shape index (κ1) is 15.3. The third-order valence-corrected chi connectivity index (χ3v) is 4.38. The Kier molecular flexibility index (Phi) is 5.84. The number of aromatic nitrogens is 1. The van der Waals surface area contributed by atoms with Crippen LogP contribution in [0.2, 0.25) is 0 Å². The molecule has 3 heteroatoms. The van der Waals surface area contributed by atoms with Gasteiger partial charge in [-0.25, -0.2) is 4.98 Å². The van der Waals surface area contributed by atoms with Gasteiger partial charge in [0.05, 0.1) is 0 Å². The van der Waals surface area contributed by atoms with Crippen LogP contribution in [0.1, 0.15) is 58.1 Å². The summed E-state index contributed by atoms with van der Waals surface area (Å²) in [4.78, 5) is 7.01. The predicted molar refractivity (Wildman–Crippen MR) is 86.2 cm³/mol. The van der Waals surface area contributed by atoms with Crippen molar-refractivity contribution in [2.75, 3.05) is 24.5 Å². The largest absolute Gasteiger partial charge is 0.357 e. The first-order chi connectivity index (χ1) is 9.74. The summed E-state index contributed by atoms with van der Waals surface area (Å²) >= 11 is 0. The minimum atomic E-state index is 0.402. The van der Waals surface area contributed by atoms with Crippen molar-refractivity contribution in [2.45, 2.75) is 52.5 Å². The minimum absolute atomic E-state index is 0.402. The van der Waals surface area contributed by atoms with Crippen molar-refractivity contribution in [2.24, 2.45) is 5.92 Å². The van der Waals surface area contributed by atoms with E-state index in [0.717, 1.165) is 24.8 Å². The molecule has 3 nitrogen and oxygen atoms in total. The Morgan fingerprint density at radius 1 is 1.40 bits per heavy atom. The highest BCUT2D eigenvalue weighted by Crippen LogP contribution is 2.28. The second-order valence-electron chi connectivity index (χ2n) is 5.96. The van der Waals surface area contributed by atoms with E-state index in [4.69, 9.17) is 0 Å². The monoisotopic (exact) mass is 275 g/mol. The summed E-state index contributed by atoms with van der Waals surface area (Å²) < 4.78 is 0. The van der Waals surface area contributed by atoms with Gasteiger partial charge in [0.25, 0.3) is 0 Å². The standard InChI is InChI=1S/C17H29N3/c1-4-10-18-14(3)16-9-11-19-17(12-16)20(5-2)13-15-7-6-8-15/h9,11-12,14-15,18H,4-8,10,13H2,1-3H3. The molecular weight excluding hydrogens is 246 g/mol. The SMILES string of the molecule is CCCNC(C)c1ccnc(N(CC)CC2CCC2)c1. The van der Waals surface area contributed by atoms with Gasteiger partial charge in [-0.15, -0.1) is 0 Å². The van der Waals surface area contributed by atoms with Gasteiger partial charge in [0, 0.05) is 25.3 Å². The Balaban J connectivity index is 2.02. The van der Waals surface area contributed by atoms with Gasteiger partial charge in [-0.2, -0.15) is 0 Å². The maximum absolute atomic E-state index is 4.58. The second-order valence-corrected chi connectivity index (χ2v) is 5.96. The van der Waals surface area contributed by atoms with E-state index < -0.39 is 0 Å². The molecule has 0 aliphatic heterocycles. The van der Waals surface area contributed by atoms with Crippen LogP contribution in [0, 0.1) is 5.92 Å². The first-order valence-electron chi connectivity index (χ1n) is 8.18. The van der Waals surface area contributed by atoms with Gasteiger partial charge in [-0.05, 0) is 63.3 Å². The molecule has 0 radical (unpaired) electrons. The van der Waals surface area contributed by atoms with Crippen LogP contribution < -0.4 is 10.2 Å². The van der Waals surface area contributed by atoms with Crippen LogP contribution in [0.25, 0.3) is 0 Å². The third kappa shape index (κ3) is 3.95. The molecule has 1 aromatic heterocycles. The predicted octanol–water partition coefficient (Wildman–Crippen LogP) is 3.77. The van der Waals surface area contributed by atoms with Crippen molar-refractivity contribution in [3.63, 3.8) is 0 Å². The average molecular weight is 275 g/mol. The molecule has 1 N–H and O–H groups in total. The van der Waals surface area contributed by atoms with E-state index in [1.165, 1.54) is 37.8 Å². The van der Waals surface area contributed by atoms with E-state index in [-0.39, 0.29) is 0 Å². The molecule has 0 bridgehead atoms. The van der Waals surface area contributed by atoms with Crippen LogP contribution in [0.5, 0.6) is 0 Å². The highest BCUT2D eigenvalue weighted by Gasteiger charge is 2.21. The zero-order chi connectivity index (χ0) is 14.4. The molecule has 1 saturated carbocycles. The lowest BCUT2D eigenvalue weighted by Gasteiger charge is -2.32. The molecule has 1 atom stereocenters. The molecule has 1 aliphatic rings. The van der Waals surface area contributed by atoms with E-state index in [1.807, 2.05) is 6.20 Å². The zero-order valence-electron chi connectivity index (χ0n) is 13.2. The molecule has 1 unspecified atom stereocenters. The maximum atomic E-state index is 4.58. The lowest BCUT2D eigenvalue weighted by atomic mass is 9.85. The molecule has 1 aromatic rings. The van der Waals surface area contributed by atoms with Gasteiger partial charge >= 0.3 is 0 Å². The fourth-order valence-electron chi connectivity index (χ4n) is 2.73. The van der Waals surface area contributed by atoms with Crippen LogP contribution >= 0.6 is 0 Å². The summed E-state index contributed by atoms with van der Waals surface area (Å²) in [6.07, 6.45) is 7.33. The molecule has 0 aromatic carbocycles. The number of nitrogens with one attached hydrogen (secondary N) is 1. The maximum Gasteiger partial charge on any atom is 0.128 e. The number of hydrogen-bond acceptors (Lipinski definition) is 3. The quantitative estimate of drug-likeness (QED) is 0.783. The second kappa shape index (κ2) is 7.63. The van der Waals surface area contributed by atoms with Crippen molar-refractivity contribution >= 4 is 5.82 Å². The summed E-state index contributed by atoms with van der Waals surface area (Å²) in [5.74, 6) is 2.03. The Bertz CT molecular complexity index is 401. The number of nitrogens with zero attached hydrogens (tertiary/aromatic N) is 2. The number of rotatable bonds is 8. The van der Waals surface area contributed by atoms with E-state index in [2.05, 4.69) is 48.1 Å². The van der Waals surface area contributed by atoms with Gasteiger partial charge in [0.2, 0.25) is 0 Å². The van der Waals surface area contributed by atoms with Crippen LogP contribution in [-0.4, -0.2) is 24.6 Å². The molecular formula is C17H29N3. The highest BCUT2D eigenvalue weighted by molar-refractivity contribution is 5.41. The Hall–Kier alpha value is -1.09. The van der Waals surface area contributed by atoms with Crippen LogP contribution in [0.15, 0.2) is 18.3 Å². The average Bonchev–Trinajstić information content (AvgIpc) is 2.44. The van der Waals surface area contributed by atoms with Gasteiger partial charge in [0.1, 0.15) is 5.82 Å². The van der Waals surface area contributed by atoms with Crippen molar-refractivity contribution < 1.29 is 0 Å². The molecule has 0 amide bonds. The summed E-state index contributed by atoms with van der Waals surface area (Å²) in [5, 5.41) is 3.55. The highest BCUT2D eigenvalue weighted by atomic mass is 15.2. The van der Waals surface area contributed by atoms with Gasteiger partial charge in [0.15, 0.2) is 0 Å². The molecule has 112 valence electrons. The van der Waals surface area contributed by atoms with Crippen molar-refractivity contribution in [1.29, 1.82) is 0 Å². The minimum Gasteiger partial charge on any atom is -0.357 e. The molecule has 1 heterocycles. The van der Waals surface area contributed by atoms with Crippen molar-refractivity contribution in [3.8, 4) is 0 Å². The van der Waals surface area contributed by atoms with Gasteiger partial charge in [-0.1, -0.05) is 13.3 Å². The van der Waals surface area contributed by atoms with E-state index >= 15 is 0 Å². The number of anilines is 1. The number of pyridine rings is 1. The number of hydrogen-bond donors (Lipinski definition) is 1. The smallest absolute Gasteiger partial charge is 0.128 e. The summed E-state index contributed by atoms with van der Waals surface area (Å²) in [7, 11) is 0. The first-order valence-corrected chi connectivity index (χ1v) is 8.18. The van der Waals surface area contributed by atoms with E-state index in [0.29, 0.717) is 6.04 Å². The fraction of sp³-hybridized carbons (Fsp3) is 0.706. The summed E-state index contributed by atoms with van der Waals surface area (Å²) in [5.41, 5.74) is 1.34. The van der Waals surface area contributed by atoms with E-state index in [9.17, 15) is 0 Å². The molecule has 0 saturated heterocycles. The van der Waals surface area contributed by atoms with Crippen molar-refractivity contribution in [3.05, 3.63) is 23.9 Å². The van der Waals surface area contributed by atoms with Crippen LogP contribution in [-0.2, 0) is 0 Å². The zero-order valence-corrected chi connectivity index (χ0v) is 13.2. The lowest BCUT2D eigenvalue weighted by Crippen LogP contribution is -2.33. The lowest BCUT2D eigenvalue weighted by molar-refractivity contribution is 0.318. The Morgan fingerprint density at radius 3 is 2.80 bits per heavy atom. The topological polar surface area (TPSA) is 28.2 Å². The van der Waals surface area contributed by atoms with Gasteiger partial charge < -0.3 is 10.2 Å². The van der Waals surface area contributed by atoms with Crippen LogP contribution in [0.4, 0.5) is 5.82 Å². The fourth-order valence-corrected chi connectivity index (χ4v) is 2.73. The molecule has 1 aliphatic carbocycles. The molecule has 0 spiro atoms. The Labute approximate surface area is 123 Å². The third-order valence-electron chi connectivity index (χ3n) is 4.38. The molecule has 20 heavy (non-hydrogen) atoms. The normalized spacial score (nSPS) is 16.8. The summed E-state index contributed by atoms with van der Waals surface area (Å²) in [6.45, 7) is 9.95. The van der Waals surface area contributed by atoms with Crippen LogP contribution in [0.3, 0.4) is 0 Å². The van der Waals surface area contributed by atoms with E-state index in [1.54, 1.807) is 0 Å². The Morgan fingerprint density at radius 2 is 2.20 bits per heavy atom. The van der Waals surface area contributed by atoms with Crippen molar-refractivity contribution in [1.82, 2.24) is 10.3 Å². The molecule has 1 fully saturated rings. The summed E-state index contributed by atoms with van der Waals surface area (Å²) in [6, 6.07) is 4.79. The molecule has 2 rings (SSSR count).